The van der Waals surface area contributed by atoms with Gasteiger partial charge in [-0.25, -0.2) is 4.98 Å². The van der Waals surface area contributed by atoms with E-state index >= 15 is 0 Å². The summed E-state index contributed by atoms with van der Waals surface area (Å²) in [7, 11) is 0. The van der Waals surface area contributed by atoms with E-state index in [1.807, 2.05) is 43.5 Å². The maximum atomic E-state index is 10.3. The normalized spacial score (nSPS) is 16.0. The Morgan fingerprint density at radius 3 is 2.54 bits per heavy atom. The van der Waals surface area contributed by atoms with Crippen molar-refractivity contribution in [3.8, 4) is 5.75 Å². The molecule has 1 aromatic heterocycles. The predicted octanol–water partition coefficient (Wildman–Crippen LogP) is 2.68. The molecule has 6 heteroatoms. The van der Waals surface area contributed by atoms with Crippen LogP contribution in [0.3, 0.4) is 0 Å². The van der Waals surface area contributed by atoms with Crippen LogP contribution in [0.4, 0.5) is 5.82 Å². The SMILES string of the molecule is Cc1ccc(OCC(O)CN2CCN(c3ccccn3)CC2)c(C)c1.Cl. The number of halogens is 1. The van der Waals surface area contributed by atoms with Gasteiger partial charge < -0.3 is 14.7 Å². The second-order valence-electron chi connectivity index (χ2n) is 6.71. The number of hydrogen-bond acceptors (Lipinski definition) is 5. The molecule has 1 aliphatic heterocycles. The van der Waals surface area contributed by atoms with Gasteiger partial charge in [0.1, 0.15) is 24.3 Å². The van der Waals surface area contributed by atoms with Gasteiger partial charge in [-0.2, -0.15) is 0 Å². The number of nitrogens with zero attached hydrogens (tertiary/aromatic N) is 3. The van der Waals surface area contributed by atoms with E-state index in [-0.39, 0.29) is 12.4 Å². The molecule has 2 aromatic rings. The summed E-state index contributed by atoms with van der Waals surface area (Å²) in [4.78, 5) is 8.98. The summed E-state index contributed by atoms with van der Waals surface area (Å²) in [6, 6.07) is 12.1. The first-order chi connectivity index (χ1) is 12.1. The number of pyridine rings is 1. The van der Waals surface area contributed by atoms with Crippen molar-refractivity contribution in [2.45, 2.75) is 20.0 Å². The van der Waals surface area contributed by atoms with Crippen molar-refractivity contribution in [2.24, 2.45) is 0 Å². The number of anilines is 1. The van der Waals surface area contributed by atoms with E-state index in [2.05, 4.69) is 27.8 Å². The highest BCUT2D eigenvalue weighted by Crippen LogP contribution is 2.19. The summed E-state index contributed by atoms with van der Waals surface area (Å²) in [5, 5.41) is 10.3. The van der Waals surface area contributed by atoms with E-state index in [1.165, 1.54) is 5.56 Å². The lowest BCUT2D eigenvalue weighted by Gasteiger charge is -2.36. The Morgan fingerprint density at radius 2 is 1.88 bits per heavy atom. The number of hydrogen-bond donors (Lipinski definition) is 1. The van der Waals surface area contributed by atoms with E-state index in [0.29, 0.717) is 13.2 Å². The quantitative estimate of drug-likeness (QED) is 0.838. The summed E-state index contributed by atoms with van der Waals surface area (Å²) < 4.78 is 5.79. The van der Waals surface area contributed by atoms with Crippen molar-refractivity contribution in [1.82, 2.24) is 9.88 Å². The maximum absolute atomic E-state index is 10.3. The number of β-amino-alcohol motifs (C(OH)–C–C–N with tert-alkyl or cyclic N) is 1. The summed E-state index contributed by atoms with van der Waals surface area (Å²) in [6.45, 7) is 8.78. The molecule has 0 saturated carbocycles. The van der Waals surface area contributed by atoms with Gasteiger partial charge >= 0.3 is 0 Å². The molecule has 1 fully saturated rings. The zero-order valence-electron chi connectivity index (χ0n) is 15.5. The molecule has 26 heavy (non-hydrogen) atoms. The number of rotatable bonds is 6. The van der Waals surface area contributed by atoms with Crippen LogP contribution < -0.4 is 9.64 Å². The molecule has 1 atom stereocenters. The van der Waals surface area contributed by atoms with Gasteiger partial charge in [0.2, 0.25) is 0 Å². The van der Waals surface area contributed by atoms with Crippen LogP contribution in [-0.2, 0) is 0 Å². The van der Waals surface area contributed by atoms with Crippen LogP contribution in [0.5, 0.6) is 5.75 Å². The molecule has 142 valence electrons. The summed E-state index contributed by atoms with van der Waals surface area (Å²) in [5.74, 6) is 1.88. The van der Waals surface area contributed by atoms with Crippen LogP contribution in [0, 0.1) is 13.8 Å². The van der Waals surface area contributed by atoms with Gasteiger partial charge in [-0.1, -0.05) is 23.8 Å². The predicted molar refractivity (Wildman–Crippen MR) is 108 cm³/mol. The number of aliphatic hydroxyl groups excluding tert-OH is 1. The van der Waals surface area contributed by atoms with Gasteiger partial charge in [-0.05, 0) is 37.6 Å². The van der Waals surface area contributed by atoms with E-state index in [0.717, 1.165) is 43.3 Å². The molecule has 1 N–H and O–H groups in total. The Morgan fingerprint density at radius 1 is 1.12 bits per heavy atom. The van der Waals surface area contributed by atoms with Gasteiger partial charge in [0, 0.05) is 38.9 Å². The fourth-order valence-corrected chi connectivity index (χ4v) is 3.20. The summed E-state index contributed by atoms with van der Waals surface area (Å²) >= 11 is 0. The molecule has 1 aromatic carbocycles. The monoisotopic (exact) mass is 377 g/mol. The number of aliphatic hydroxyl groups is 1. The highest BCUT2D eigenvalue weighted by molar-refractivity contribution is 5.85. The zero-order chi connectivity index (χ0) is 17.6. The van der Waals surface area contributed by atoms with Gasteiger partial charge in [0.25, 0.3) is 0 Å². The molecule has 0 radical (unpaired) electrons. The van der Waals surface area contributed by atoms with E-state index in [9.17, 15) is 5.11 Å². The largest absolute Gasteiger partial charge is 0.491 e. The third kappa shape index (κ3) is 5.59. The van der Waals surface area contributed by atoms with Gasteiger partial charge in [-0.15, -0.1) is 12.4 Å². The number of piperazine rings is 1. The number of aromatic nitrogens is 1. The van der Waals surface area contributed by atoms with E-state index in [1.54, 1.807) is 0 Å². The van der Waals surface area contributed by atoms with Crippen molar-refractivity contribution in [3.05, 3.63) is 53.7 Å². The van der Waals surface area contributed by atoms with Crippen LogP contribution in [0.25, 0.3) is 0 Å². The molecule has 3 rings (SSSR count). The molecule has 1 saturated heterocycles. The summed E-state index contributed by atoms with van der Waals surface area (Å²) in [6.07, 6.45) is 1.35. The molecule has 0 aliphatic carbocycles. The van der Waals surface area contributed by atoms with Crippen LogP contribution >= 0.6 is 12.4 Å². The fraction of sp³-hybridized carbons (Fsp3) is 0.450. The van der Waals surface area contributed by atoms with Crippen molar-refractivity contribution in [1.29, 1.82) is 0 Å². The fourth-order valence-electron chi connectivity index (χ4n) is 3.20. The third-order valence-corrected chi connectivity index (χ3v) is 4.58. The molecule has 1 aliphatic rings. The minimum atomic E-state index is -0.484. The average Bonchev–Trinajstić information content (AvgIpc) is 2.62. The van der Waals surface area contributed by atoms with Crippen molar-refractivity contribution < 1.29 is 9.84 Å². The molecule has 5 nitrogen and oxygen atoms in total. The van der Waals surface area contributed by atoms with Crippen molar-refractivity contribution in [3.63, 3.8) is 0 Å². The lowest BCUT2D eigenvalue weighted by atomic mass is 10.1. The topological polar surface area (TPSA) is 48.8 Å². The lowest BCUT2D eigenvalue weighted by molar-refractivity contribution is 0.0660. The second-order valence-corrected chi connectivity index (χ2v) is 6.71. The standard InChI is InChI=1S/C20H27N3O2.ClH/c1-16-6-7-19(17(2)13-16)25-15-18(24)14-22-9-11-23(12-10-22)20-5-3-4-8-21-20;/h3-8,13,18,24H,9-12,14-15H2,1-2H3;1H. The number of ether oxygens (including phenoxy) is 1. The Hall–Kier alpha value is -1.82. The highest BCUT2D eigenvalue weighted by Gasteiger charge is 2.20. The molecule has 1 unspecified atom stereocenters. The van der Waals surface area contributed by atoms with Crippen LogP contribution in [-0.4, -0.2) is 60.4 Å². The maximum Gasteiger partial charge on any atom is 0.128 e. The van der Waals surface area contributed by atoms with Crippen molar-refractivity contribution in [2.75, 3.05) is 44.2 Å². The van der Waals surface area contributed by atoms with Crippen LogP contribution in [0.2, 0.25) is 0 Å². The van der Waals surface area contributed by atoms with Gasteiger partial charge in [-0.3, -0.25) is 4.90 Å². The first-order valence-corrected chi connectivity index (χ1v) is 8.88. The van der Waals surface area contributed by atoms with Crippen molar-refractivity contribution >= 4 is 18.2 Å². The van der Waals surface area contributed by atoms with E-state index in [4.69, 9.17) is 4.74 Å². The van der Waals surface area contributed by atoms with E-state index < -0.39 is 6.10 Å². The minimum absolute atomic E-state index is 0. The van der Waals surface area contributed by atoms with Gasteiger partial charge in [0.15, 0.2) is 0 Å². The molecule has 0 amide bonds. The Bertz CT molecular complexity index is 676. The van der Waals surface area contributed by atoms with Crippen LogP contribution in [0.1, 0.15) is 11.1 Å². The first-order valence-electron chi connectivity index (χ1n) is 8.88. The third-order valence-electron chi connectivity index (χ3n) is 4.58. The molecule has 0 spiro atoms. The Labute approximate surface area is 162 Å². The number of benzene rings is 1. The van der Waals surface area contributed by atoms with Crippen LogP contribution in [0.15, 0.2) is 42.6 Å². The first kappa shape index (κ1) is 20.5. The molecular weight excluding hydrogens is 350 g/mol. The summed E-state index contributed by atoms with van der Waals surface area (Å²) in [5.41, 5.74) is 2.33. The Kier molecular flexibility index (Phi) is 7.69. The molecule has 2 heterocycles. The molecule has 0 bridgehead atoms. The molecular formula is C20H28ClN3O2. The lowest BCUT2D eigenvalue weighted by Crippen LogP contribution is -2.49. The Balaban J connectivity index is 0.00000243. The van der Waals surface area contributed by atoms with Gasteiger partial charge in [0.05, 0.1) is 0 Å². The average molecular weight is 378 g/mol. The second kappa shape index (κ2) is 9.76. The minimum Gasteiger partial charge on any atom is -0.491 e. The zero-order valence-corrected chi connectivity index (χ0v) is 16.3. The number of aryl methyl sites for hydroxylation is 2. The smallest absolute Gasteiger partial charge is 0.128 e. The highest BCUT2D eigenvalue weighted by atomic mass is 35.5.